The van der Waals surface area contributed by atoms with E-state index >= 15 is 0 Å². The third-order valence-electron chi connectivity index (χ3n) is 5.63. The third kappa shape index (κ3) is 3.61. The summed E-state index contributed by atoms with van der Waals surface area (Å²) in [6.45, 7) is 5.87. The van der Waals surface area contributed by atoms with Crippen molar-refractivity contribution in [1.29, 1.82) is 0 Å². The number of nitrogens with one attached hydrogen (secondary N) is 2. The van der Waals surface area contributed by atoms with Crippen LogP contribution >= 0.6 is 0 Å². The number of rotatable bonds is 5. The number of carbonyl (C=O) groups excluding carboxylic acids is 1. The van der Waals surface area contributed by atoms with Gasteiger partial charge in [0.25, 0.3) is 5.91 Å². The number of hydrogen-bond donors (Lipinski definition) is 2. The normalized spacial score (nSPS) is 15.2. The summed E-state index contributed by atoms with van der Waals surface area (Å²) in [6.07, 6.45) is 1.46. The predicted octanol–water partition coefficient (Wildman–Crippen LogP) is 3.84. The van der Waals surface area contributed by atoms with Gasteiger partial charge in [-0.2, -0.15) is 10.1 Å². The van der Waals surface area contributed by atoms with Gasteiger partial charge in [-0.25, -0.2) is 4.68 Å². The van der Waals surface area contributed by atoms with Crippen molar-refractivity contribution in [3.8, 4) is 11.5 Å². The first-order valence-electron chi connectivity index (χ1n) is 9.91. The molecular weight excluding hydrogens is 394 g/mol. The Balaban J connectivity index is 1.82. The van der Waals surface area contributed by atoms with E-state index < -0.39 is 6.04 Å². The Bertz CT molecular complexity index is 1180. The standard InChI is InChI=1S/C23H25N5O3/c1-13-7-6-8-18(14(13)2)27-22(29)20-15(3)26-23-24-12-25-28(23)21(20)17-10-9-16(30-4)11-19(17)31-5/h6-12,21H,1-5H3,(H,27,29)(H,24,25,26). The van der Waals surface area contributed by atoms with Crippen LogP contribution in [0.2, 0.25) is 0 Å². The average Bonchev–Trinajstić information content (AvgIpc) is 3.23. The van der Waals surface area contributed by atoms with Crippen LogP contribution in [0.5, 0.6) is 11.5 Å². The van der Waals surface area contributed by atoms with E-state index in [1.807, 2.05) is 51.1 Å². The Hall–Kier alpha value is -3.81. The number of methoxy groups -OCH3 is 2. The smallest absolute Gasteiger partial charge is 0.255 e. The summed E-state index contributed by atoms with van der Waals surface area (Å²) < 4.78 is 12.7. The molecule has 1 atom stereocenters. The molecule has 4 rings (SSSR count). The van der Waals surface area contributed by atoms with Crippen LogP contribution in [0.3, 0.4) is 0 Å². The molecular formula is C23H25N5O3. The number of allylic oxidation sites excluding steroid dienone is 1. The highest BCUT2D eigenvalue weighted by molar-refractivity contribution is 6.06. The first kappa shape index (κ1) is 20.5. The van der Waals surface area contributed by atoms with Crippen molar-refractivity contribution in [2.24, 2.45) is 0 Å². The molecule has 8 heteroatoms. The van der Waals surface area contributed by atoms with Crippen molar-refractivity contribution < 1.29 is 14.3 Å². The second-order valence-corrected chi connectivity index (χ2v) is 7.40. The van der Waals surface area contributed by atoms with Crippen LogP contribution in [-0.2, 0) is 4.79 Å². The Morgan fingerprint density at radius 2 is 1.94 bits per heavy atom. The molecule has 2 heterocycles. The van der Waals surface area contributed by atoms with Crippen molar-refractivity contribution in [3.05, 3.63) is 70.7 Å². The maximum absolute atomic E-state index is 13.5. The molecule has 0 saturated heterocycles. The number of aromatic nitrogens is 3. The van der Waals surface area contributed by atoms with Crippen molar-refractivity contribution >= 4 is 17.5 Å². The predicted molar refractivity (Wildman–Crippen MR) is 119 cm³/mol. The van der Waals surface area contributed by atoms with Crippen LogP contribution in [0.1, 0.15) is 29.7 Å². The SMILES string of the molecule is COc1ccc(C2C(C(=O)Nc3cccc(C)c3C)=C(C)Nc3ncnn32)c(OC)c1. The summed E-state index contributed by atoms with van der Waals surface area (Å²) in [5, 5.41) is 10.6. The van der Waals surface area contributed by atoms with E-state index in [2.05, 4.69) is 20.7 Å². The van der Waals surface area contributed by atoms with Crippen LogP contribution in [0.4, 0.5) is 11.6 Å². The second-order valence-electron chi connectivity index (χ2n) is 7.40. The highest BCUT2D eigenvalue weighted by Crippen LogP contribution is 2.40. The van der Waals surface area contributed by atoms with Gasteiger partial charge in [0.1, 0.15) is 23.9 Å². The molecule has 1 unspecified atom stereocenters. The molecule has 0 bridgehead atoms. The van der Waals surface area contributed by atoms with E-state index in [-0.39, 0.29) is 5.91 Å². The molecule has 0 saturated carbocycles. The summed E-state index contributed by atoms with van der Waals surface area (Å²) in [6, 6.07) is 10.8. The Morgan fingerprint density at radius 1 is 1.13 bits per heavy atom. The minimum atomic E-state index is -0.523. The fraction of sp³-hybridized carbons (Fsp3) is 0.261. The van der Waals surface area contributed by atoms with Gasteiger partial charge in [0.15, 0.2) is 0 Å². The molecule has 160 valence electrons. The number of fused-ring (bicyclic) bond motifs is 1. The maximum Gasteiger partial charge on any atom is 0.255 e. The quantitative estimate of drug-likeness (QED) is 0.653. The Morgan fingerprint density at radius 3 is 2.68 bits per heavy atom. The second kappa shape index (κ2) is 8.14. The maximum atomic E-state index is 13.5. The van der Waals surface area contributed by atoms with Crippen LogP contribution in [0, 0.1) is 13.8 Å². The summed E-state index contributed by atoms with van der Waals surface area (Å²) in [4.78, 5) is 17.8. The molecule has 2 aromatic carbocycles. The van der Waals surface area contributed by atoms with Crippen LogP contribution in [-0.4, -0.2) is 34.9 Å². The van der Waals surface area contributed by atoms with E-state index in [0.717, 1.165) is 22.4 Å². The molecule has 1 aliphatic rings. The molecule has 2 N–H and O–H groups in total. The minimum Gasteiger partial charge on any atom is -0.497 e. The van der Waals surface area contributed by atoms with Gasteiger partial charge in [0.2, 0.25) is 5.95 Å². The van der Waals surface area contributed by atoms with Gasteiger partial charge in [-0.3, -0.25) is 4.79 Å². The molecule has 0 radical (unpaired) electrons. The fourth-order valence-corrected chi connectivity index (χ4v) is 3.79. The van der Waals surface area contributed by atoms with Gasteiger partial charge < -0.3 is 20.1 Å². The van der Waals surface area contributed by atoms with E-state index in [4.69, 9.17) is 9.47 Å². The van der Waals surface area contributed by atoms with Crippen LogP contribution < -0.4 is 20.1 Å². The average molecular weight is 419 g/mol. The summed E-state index contributed by atoms with van der Waals surface area (Å²) >= 11 is 0. The molecule has 3 aromatic rings. The zero-order chi connectivity index (χ0) is 22.1. The molecule has 0 fully saturated rings. The number of carbonyl (C=O) groups is 1. The largest absolute Gasteiger partial charge is 0.497 e. The molecule has 0 aliphatic carbocycles. The number of hydrogen-bond acceptors (Lipinski definition) is 6. The molecule has 1 amide bonds. The molecule has 1 aliphatic heterocycles. The molecule has 8 nitrogen and oxygen atoms in total. The number of nitrogens with zero attached hydrogens (tertiary/aromatic N) is 3. The zero-order valence-corrected chi connectivity index (χ0v) is 18.2. The van der Waals surface area contributed by atoms with Crippen LogP contribution in [0.25, 0.3) is 0 Å². The number of anilines is 2. The molecule has 1 aromatic heterocycles. The van der Waals surface area contributed by atoms with E-state index in [9.17, 15) is 4.79 Å². The van der Waals surface area contributed by atoms with E-state index in [1.54, 1.807) is 25.0 Å². The van der Waals surface area contributed by atoms with E-state index in [0.29, 0.717) is 28.7 Å². The number of amides is 1. The van der Waals surface area contributed by atoms with Gasteiger partial charge in [-0.05, 0) is 50.1 Å². The van der Waals surface area contributed by atoms with Crippen molar-refractivity contribution in [2.75, 3.05) is 24.9 Å². The van der Waals surface area contributed by atoms with Gasteiger partial charge in [0.05, 0.1) is 19.8 Å². The third-order valence-corrected chi connectivity index (χ3v) is 5.63. The highest BCUT2D eigenvalue weighted by atomic mass is 16.5. The lowest BCUT2D eigenvalue weighted by Gasteiger charge is -2.30. The van der Waals surface area contributed by atoms with Gasteiger partial charge >= 0.3 is 0 Å². The minimum absolute atomic E-state index is 0.220. The van der Waals surface area contributed by atoms with Gasteiger partial charge in [0, 0.05) is 23.0 Å². The summed E-state index contributed by atoms with van der Waals surface area (Å²) in [5.41, 5.74) is 4.92. The zero-order valence-electron chi connectivity index (χ0n) is 18.2. The summed E-state index contributed by atoms with van der Waals surface area (Å²) in [7, 11) is 3.19. The first-order chi connectivity index (χ1) is 14.9. The van der Waals surface area contributed by atoms with E-state index in [1.165, 1.54) is 6.33 Å². The topological polar surface area (TPSA) is 90.3 Å². The number of benzene rings is 2. The first-order valence-corrected chi connectivity index (χ1v) is 9.91. The monoisotopic (exact) mass is 419 g/mol. The number of aryl methyl sites for hydroxylation is 1. The lowest BCUT2D eigenvalue weighted by Crippen LogP contribution is -2.32. The fourth-order valence-electron chi connectivity index (χ4n) is 3.79. The molecule has 0 spiro atoms. The lowest BCUT2D eigenvalue weighted by molar-refractivity contribution is -0.113. The Labute approximate surface area is 180 Å². The van der Waals surface area contributed by atoms with Crippen molar-refractivity contribution in [1.82, 2.24) is 14.8 Å². The van der Waals surface area contributed by atoms with Gasteiger partial charge in [-0.15, -0.1) is 0 Å². The lowest BCUT2D eigenvalue weighted by atomic mass is 9.94. The van der Waals surface area contributed by atoms with Crippen LogP contribution in [0.15, 0.2) is 54.0 Å². The van der Waals surface area contributed by atoms with Crippen molar-refractivity contribution in [2.45, 2.75) is 26.8 Å². The number of ether oxygens (including phenoxy) is 2. The summed E-state index contributed by atoms with van der Waals surface area (Å²) in [5.74, 6) is 1.60. The Kier molecular flexibility index (Phi) is 5.37. The van der Waals surface area contributed by atoms with Gasteiger partial charge in [-0.1, -0.05) is 12.1 Å². The molecule has 31 heavy (non-hydrogen) atoms. The van der Waals surface area contributed by atoms with Crippen molar-refractivity contribution in [3.63, 3.8) is 0 Å². The highest BCUT2D eigenvalue weighted by Gasteiger charge is 2.35.